The van der Waals surface area contributed by atoms with Gasteiger partial charge in [0.1, 0.15) is 0 Å². The largest absolute Gasteiger partial charge is 0.448 e. The molecule has 1 unspecified atom stereocenters. The van der Waals surface area contributed by atoms with Crippen LogP contribution in [-0.4, -0.2) is 22.1 Å². The molecule has 0 aromatic heterocycles. The Bertz CT molecular complexity index is 353. The Morgan fingerprint density at radius 3 is 2.25 bits per heavy atom. The van der Waals surface area contributed by atoms with Crippen molar-refractivity contribution in [3.63, 3.8) is 0 Å². The van der Waals surface area contributed by atoms with Gasteiger partial charge in [-0.15, -0.1) is 18.2 Å². The maximum absolute atomic E-state index is 6.34. The third-order valence-electron chi connectivity index (χ3n) is 2.62. The lowest BCUT2D eigenvalue weighted by molar-refractivity contribution is 0.570. The van der Waals surface area contributed by atoms with E-state index in [1.165, 1.54) is 5.19 Å². The minimum absolute atomic E-state index is 0.585. The summed E-state index contributed by atoms with van der Waals surface area (Å²) < 4.78 is 6.34. The van der Waals surface area contributed by atoms with Gasteiger partial charge in [0.15, 0.2) is 8.32 Å². The third kappa shape index (κ3) is 3.32. The van der Waals surface area contributed by atoms with Crippen LogP contribution >= 0.6 is 11.6 Å². The van der Waals surface area contributed by atoms with Gasteiger partial charge in [-0.25, -0.2) is 0 Å². The first-order valence-electron chi connectivity index (χ1n) is 5.39. The van der Waals surface area contributed by atoms with E-state index in [-0.39, 0.29) is 0 Å². The van der Waals surface area contributed by atoms with E-state index in [1.54, 1.807) is 0 Å². The van der Waals surface area contributed by atoms with Crippen LogP contribution in [0.4, 0.5) is 0 Å². The molecule has 1 aromatic rings. The van der Waals surface area contributed by atoms with Gasteiger partial charge in [0.25, 0.3) is 0 Å². The zero-order chi connectivity index (χ0) is 12.2. The highest BCUT2D eigenvalue weighted by Gasteiger charge is 2.36. The van der Waals surface area contributed by atoms with E-state index in [0.717, 1.165) is 0 Å². The van der Waals surface area contributed by atoms with Gasteiger partial charge in [-0.1, -0.05) is 36.0 Å². The highest BCUT2D eigenvalue weighted by Crippen LogP contribution is 2.16. The SMILES string of the molecule is C=C[Si](C)(C)O[Si](C)(CCl)c1ccccc1. The molecule has 1 atom stereocenters. The Hall–Kier alpha value is -0.356. The molecule has 0 saturated heterocycles. The molecular weight excluding hydrogens is 252 g/mol. The average Bonchev–Trinajstić information content (AvgIpc) is 2.29. The van der Waals surface area contributed by atoms with Gasteiger partial charge < -0.3 is 4.12 Å². The lowest BCUT2D eigenvalue weighted by Crippen LogP contribution is -2.56. The summed E-state index contributed by atoms with van der Waals surface area (Å²) in [5.41, 5.74) is 2.55. The van der Waals surface area contributed by atoms with Crippen molar-refractivity contribution in [2.75, 3.05) is 5.50 Å². The quantitative estimate of drug-likeness (QED) is 0.590. The molecular formula is C12H19ClOSi2. The second-order valence-electron chi connectivity index (χ2n) is 4.64. The summed E-state index contributed by atoms with van der Waals surface area (Å²) in [7, 11) is -3.78. The summed E-state index contributed by atoms with van der Waals surface area (Å²) >= 11 is 6.13. The van der Waals surface area contributed by atoms with Crippen molar-refractivity contribution in [2.24, 2.45) is 0 Å². The van der Waals surface area contributed by atoms with Crippen LogP contribution < -0.4 is 5.19 Å². The van der Waals surface area contributed by atoms with E-state index in [0.29, 0.717) is 5.50 Å². The number of alkyl halides is 1. The lowest BCUT2D eigenvalue weighted by Gasteiger charge is -2.33. The maximum Gasteiger partial charge on any atom is 0.224 e. The van der Waals surface area contributed by atoms with E-state index in [1.807, 2.05) is 23.9 Å². The number of benzene rings is 1. The predicted molar refractivity (Wildman–Crippen MR) is 77.2 cm³/mol. The van der Waals surface area contributed by atoms with Crippen LogP contribution in [0.25, 0.3) is 0 Å². The molecule has 16 heavy (non-hydrogen) atoms. The highest BCUT2D eigenvalue weighted by molar-refractivity contribution is 6.97. The fourth-order valence-corrected chi connectivity index (χ4v) is 9.25. The minimum Gasteiger partial charge on any atom is -0.448 e. The second kappa shape index (κ2) is 5.32. The van der Waals surface area contributed by atoms with Crippen LogP contribution in [0.2, 0.25) is 19.6 Å². The van der Waals surface area contributed by atoms with Crippen molar-refractivity contribution in [3.8, 4) is 0 Å². The first-order valence-corrected chi connectivity index (χ1v) is 11.5. The molecule has 0 fully saturated rings. The van der Waals surface area contributed by atoms with Gasteiger partial charge in [-0.05, 0) is 24.8 Å². The van der Waals surface area contributed by atoms with Crippen molar-refractivity contribution in [1.29, 1.82) is 0 Å². The van der Waals surface area contributed by atoms with Gasteiger partial charge in [0.2, 0.25) is 8.32 Å². The van der Waals surface area contributed by atoms with Crippen molar-refractivity contribution < 1.29 is 4.12 Å². The molecule has 0 amide bonds. The molecule has 1 rings (SSSR count). The summed E-state index contributed by atoms with van der Waals surface area (Å²) in [6.07, 6.45) is 0. The zero-order valence-electron chi connectivity index (χ0n) is 10.2. The molecule has 0 aliphatic rings. The summed E-state index contributed by atoms with van der Waals surface area (Å²) in [5.74, 6) is 0. The molecule has 0 saturated carbocycles. The molecule has 4 heteroatoms. The van der Waals surface area contributed by atoms with Crippen LogP contribution in [-0.2, 0) is 4.12 Å². The van der Waals surface area contributed by atoms with E-state index >= 15 is 0 Å². The van der Waals surface area contributed by atoms with Crippen LogP contribution in [0.3, 0.4) is 0 Å². The maximum atomic E-state index is 6.34. The molecule has 0 bridgehead atoms. The smallest absolute Gasteiger partial charge is 0.224 e. The highest BCUT2D eigenvalue weighted by atomic mass is 35.5. The molecule has 0 aliphatic carbocycles. The van der Waals surface area contributed by atoms with E-state index in [4.69, 9.17) is 15.7 Å². The van der Waals surface area contributed by atoms with Crippen molar-refractivity contribution >= 4 is 33.4 Å². The van der Waals surface area contributed by atoms with Gasteiger partial charge in [0.05, 0.1) is 0 Å². The van der Waals surface area contributed by atoms with Crippen molar-refractivity contribution in [3.05, 3.63) is 42.6 Å². The second-order valence-corrected chi connectivity index (χ2v) is 13.2. The molecule has 0 spiro atoms. The Kier molecular flexibility index (Phi) is 4.55. The standard InChI is InChI=1S/C12H19ClOSi2/c1-5-15(2,3)14-16(4,11-13)12-9-7-6-8-10-12/h5-10H,1,11H2,2-4H3. The minimum atomic E-state index is -2.00. The molecule has 0 heterocycles. The number of hydrogen-bond donors (Lipinski definition) is 0. The first-order chi connectivity index (χ1) is 7.43. The Balaban J connectivity index is 2.99. The van der Waals surface area contributed by atoms with E-state index < -0.39 is 16.6 Å². The normalized spacial score (nSPS) is 15.5. The van der Waals surface area contributed by atoms with Crippen LogP contribution in [0.1, 0.15) is 0 Å². The van der Waals surface area contributed by atoms with Gasteiger partial charge in [-0.3, -0.25) is 0 Å². The summed E-state index contributed by atoms with van der Waals surface area (Å²) in [6, 6.07) is 10.3. The Morgan fingerprint density at radius 2 is 1.81 bits per heavy atom. The van der Waals surface area contributed by atoms with Gasteiger partial charge in [-0.2, -0.15) is 0 Å². The monoisotopic (exact) mass is 270 g/mol. The van der Waals surface area contributed by atoms with Gasteiger partial charge in [0, 0.05) is 5.50 Å². The van der Waals surface area contributed by atoms with Crippen LogP contribution in [0, 0.1) is 0 Å². The molecule has 1 nitrogen and oxygen atoms in total. The third-order valence-corrected chi connectivity index (χ3v) is 11.1. The average molecular weight is 271 g/mol. The van der Waals surface area contributed by atoms with E-state index in [9.17, 15) is 0 Å². The molecule has 0 N–H and O–H groups in total. The molecule has 0 aliphatic heterocycles. The number of halogens is 1. The Morgan fingerprint density at radius 1 is 1.25 bits per heavy atom. The van der Waals surface area contributed by atoms with Crippen molar-refractivity contribution in [2.45, 2.75) is 19.6 Å². The molecule has 88 valence electrons. The van der Waals surface area contributed by atoms with Crippen LogP contribution in [0.15, 0.2) is 42.6 Å². The fraction of sp³-hybridized carbons (Fsp3) is 0.333. The molecule has 0 radical (unpaired) electrons. The summed E-state index contributed by atoms with van der Waals surface area (Å²) in [6.45, 7) is 10.3. The van der Waals surface area contributed by atoms with Crippen LogP contribution in [0.5, 0.6) is 0 Å². The van der Waals surface area contributed by atoms with Gasteiger partial charge >= 0.3 is 0 Å². The fourth-order valence-electron chi connectivity index (χ4n) is 1.58. The first kappa shape index (κ1) is 13.7. The number of hydrogen-bond acceptors (Lipinski definition) is 1. The van der Waals surface area contributed by atoms with Crippen molar-refractivity contribution in [1.82, 2.24) is 0 Å². The Labute approximate surface area is 105 Å². The van der Waals surface area contributed by atoms with E-state index in [2.05, 4.69) is 38.4 Å². The summed E-state index contributed by atoms with van der Waals surface area (Å²) in [4.78, 5) is 0. The topological polar surface area (TPSA) is 9.23 Å². The number of rotatable bonds is 5. The lowest BCUT2D eigenvalue weighted by atomic mass is 10.4. The zero-order valence-corrected chi connectivity index (χ0v) is 12.9. The summed E-state index contributed by atoms with van der Waals surface area (Å²) in [5, 5.41) is 1.26. The predicted octanol–water partition coefficient (Wildman–Crippen LogP) is 3.19. The molecule has 1 aromatic carbocycles.